The highest BCUT2D eigenvalue weighted by Gasteiger charge is 2.25. The number of ether oxygens (including phenoxy) is 1. The van der Waals surface area contributed by atoms with E-state index in [0.717, 1.165) is 6.42 Å². The van der Waals surface area contributed by atoms with E-state index in [-0.39, 0.29) is 19.2 Å². The van der Waals surface area contributed by atoms with Crippen LogP contribution in [0.2, 0.25) is 0 Å². The number of carbonyl (C=O) groups is 1. The largest absolute Gasteiger partial charge is 0.463 e. The van der Waals surface area contributed by atoms with Crippen molar-refractivity contribution in [2.24, 2.45) is 0 Å². The summed E-state index contributed by atoms with van der Waals surface area (Å²) >= 11 is 0. The van der Waals surface area contributed by atoms with E-state index >= 15 is 0 Å². The topological polar surface area (TPSA) is 66.8 Å². The molecule has 2 N–H and O–H groups in total. The summed E-state index contributed by atoms with van der Waals surface area (Å²) in [7, 11) is 0. The van der Waals surface area contributed by atoms with E-state index in [4.69, 9.17) is 9.84 Å². The van der Waals surface area contributed by atoms with Crippen LogP contribution in [-0.2, 0) is 9.53 Å². The minimum Gasteiger partial charge on any atom is -0.463 e. The van der Waals surface area contributed by atoms with Gasteiger partial charge in [-0.2, -0.15) is 0 Å². The Morgan fingerprint density at radius 1 is 1.46 bits per heavy atom. The molecule has 0 saturated carbocycles. The Morgan fingerprint density at radius 3 is 2.46 bits per heavy atom. The van der Waals surface area contributed by atoms with Gasteiger partial charge in [0.25, 0.3) is 0 Å². The number of hydrogen-bond donors (Lipinski definition) is 2. The van der Waals surface area contributed by atoms with Gasteiger partial charge in [0.15, 0.2) is 0 Å². The first kappa shape index (κ1) is 12.4. The number of aliphatic hydroxyl groups is 2. The summed E-state index contributed by atoms with van der Waals surface area (Å²) in [4.78, 5) is 10.9. The summed E-state index contributed by atoms with van der Waals surface area (Å²) in [6.45, 7) is 3.09. The molecule has 1 unspecified atom stereocenters. The first-order valence-corrected chi connectivity index (χ1v) is 4.57. The first-order chi connectivity index (χ1) is 6.08. The zero-order chi connectivity index (χ0) is 10.3. The van der Waals surface area contributed by atoms with Gasteiger partial charge in [-0.15, -0.1) is 0 Å². The zero-order valence-corrected chi connectivity index (χ0v) is 8.25. The molecule has 78 valence electrons. The van der Waals surface area contributed by atoms with Crippen LogP contribution >= 0.6 is 0 Å². The fourth-order valence-electron chi connectivity index (χ4n) is 0.751. The second kappa shape index (κ2) is 5.94. The molecule has 0 radical (unpaired) electrons. The molecule has 0 aliphatic rings. The summed E-state index contributed by atoms with van der Waals surface area (Å²) in [5.74, 6) is -0.331. The van der Waals surface area contributed by atoms with Crippen molar-refractivity contribution in [3.63, 3.8) is 0 Å². The van der Waals surface area contributed by atoms with Crippen molar-refractivity contribution in [1.82, 2.24) is 0 Å². The van der Waals surface area contributed by atoms with E-state index in [9.17, 15) is 9.90 Å². The molecule has 0 heterocycles. The lowest BCUT2D eigenvalue weighted by Crippen LogP contribution is -2.38. The lowest BCUT2D eigenvalue weighted by atomic mass is 10.0. The van der Waals surface area contributed by atoms with Crippen LogP contribution in [0.3, 0.4) is 0 Å². The molecule has 0 rings (SSSR count). The monoisotopic (exact) mass is 190 g/mol. The van der Waals surface area contributed by atoms with Gasteiger partial charge in [0.1, 0.15) is 12.2 Å². The van der Waals surface area contributed by atoms with E-state index < -0.39 is 5.60 Å². The lowest BCUT2D eigenvalue weighted by molar-refractivity contribution is -0.154. The van der Waals surface area contributed by atoms with E-state index in [1.807, 2.05) is 6.92 Å². The molecule has 0 aliphatic carbocycles. The molecule has 0 fully saturated rings. The lowest BCUT2D eigenvalue weighted by Gasteiger charge is -2.23. The summed E-state index contributed by atoms with van der Waals surface area (Å²) in [5, 5.41) is 18.3. The fraction of sp³-hybridized carbons (Fsp3) is 0.889. The van der Waals surface area contributed by atoms with Crippen molar-refractivity contribution in [3.8, 4) is 0 Å². The van der Waals surface area contributed by atoms with Gasteiger partial charge < -0.3 is 14.9 Å². The van der Waals surface area contributed by atoms with Crippen LogP contribution in [0.1, 0.15) is 33.1 Å². The second-order valence-corrected chi connectivity index (χ2v) is 3.15. The standard InChI is InChI=1S/C9H18O4/c1-3-5-8(11)13-7-9(12,4-2)6-10/h10,12H,3-7H2,1-2H3. The minimum atomic E-state index is -1.27. The molecule has 0 bridgehead atoms. The third kappa shape index (κ3) is 4.85. The summed E-state index contributed by atoms with van der Waals surface area (Å²) in [6.07, 6.45) is 1.44. The second-order valence-electron chi connectivity index (χ2n) is 3.15. The van der Waals surface area contributed by atoms with Gasteiger partial charge >= 0.3 is 5.97 Å². The van der Waals surface area contributed by atoms with E-state index in [2.05, 4.69) is 0 Å². The van der Waals surface area contributed by atoms with Crippen LogP contribution in [0.5, 0.6) is 0 Å². The van der Waals surface area contributed by atoms with Gasteiger partial charge in [0.2, 0.25) is 0 Å². The molecule has 0 aromatic carbocycles. The highest BCUT2D eigenvalue weighted by atomic mass is 16.5. The summed E-state index contributed by atoms with van der Waals surface area (Å²) < 4.78 is 4.78. The van der Waals surface area contributed by atoms with E-state index in [1.165, 1.54) is 0 Å². The summed E-state index contributed by atoms with van der Waals surface area (Å²) in [6, 6.07) is 0. The fourth-order valence-corrected chi connectivity index (χ4v) is 0.751. The van der Waals surface area contributed by atoms with Crippen LogP contribution in [0.25, 0.3) is 0 Å². The van der Waals surface area contributed by atoms with Gasteiger partial charge in [0, 0.05) is 6.42 Å². The average molecular weight is 190 g/mol. The van der Waals surface area contributed by atoms with Crippen LogP contribution in [0.4, 0.5) is 0 Å². The van der Waals surface area contributed by atoms with E-state index in [1.54, 1.807) is 6.92 Å². The molecule has 13 heavy (non-hydrogen) atoms. The van der Waals surface area contributed by atoms with Gasteiger partial charge in [-0.1, -0.05) is 13.8 Å². The maximum Gasteiger partial charge on any atom is 0.305 e. The van der Waals surface area contributed by atoms with Crippen molar-refractivity contribution < 1.29 is 19.7 Å². The molecular weight excluding hydrogens is 172 g/mol. The molecule has 0 aromatic heterocycles. The molecule has 4 heteroatoms. The number of esters is 1. The van der Waals surface area contributed by atoms with Crippen molar-refractivity contribution in [1.29, 1.82) is 0 Å². The molecule has 0 amide bonds. The molecule has 0 aromatic rings. The SMILES string of the molecule is CCCC(=O)OCC(O)(CC)CO. The molecule has 0 saturated heterocycles. The Hall–Kier alpha value is -0.610. The van der Waals surface area contributed by atoms with Gasteiger partial charge in [-0.25, -0.2) is 0 Å². The van der Waals surface area contributed by atoms with Crippen LogP contribution in [0.15, 0.2) is 0 Å². The Labute approximate surface area is 78.5 Å². The molecule has 0 aliphatic heterocycles. The average Bonchev–Trinajstić information content (AvgIpc) is 2.15. The smallest absolute Gasteiger partial charge is 0.305 e. The van der Waals surface area contributed by atoms with Crippen molar-refractivity contribution in [2.45, 2.75) is 38.7 Å². The predicted octanol–water partition coefficient (Wildman–Crippen LogP) is 0.463. The number of rotatable bonds is 6. The quantitative estimate of drug-likeness (QED) is 0.597. The Kier molecular flexibility index (Phi) is 5.66. The molecule has 1 atom stereocenters. The van der Waals surface area contributed by atoms with Gasteiger partial charge in [-0.05, 0) is 12.8 Å². The van der Waals surface area contributed by atoms with Crippen LogP contribution < -0.4 is 0 Å². The molecule has 4 nitrogen and oxygen atoms in total. The summed E-state index contributed by atoms with van der Waals surface area (Å²) in [5.41, 5.74) is -1.27. The van der Waals surface area contributed by atoms with Crippen molar-refractivity contribution >= 4 is 5.97 Å². The number of aliphatic hydroxyl groups excluding tert-OH is 1. The highest BCUT2D eigenvalue weighted by Crippen LogP contribution is 2.09. The van der Waals surface area contributed by atoms with Crippen molar-refractivity contribution in [2.75, 3.05) is 13.2 Å². The maximum absolute atomic E-state index is 10.9. The van der Waals surface area contributed by atoms with Gasteiger partial charge in [-0.3, -0.25) is 4.79 Å². The number of hydrogen-bond acceptors (Lipinski definition) is 4. The van der Waals surface area contributed by atoms with Crippen LogP contribution in [-0.4, -0.2) is 35.0 Å². The third-order valence-corrected chi connectivity index (χ3v) is 1.91. The van der Waals surface area contributed by atoms with Gasteiger partial charge in [0.05, 0.1) is 6.61 Å². The van der Waals surface area contributed by atoms with Crippen molar-refractivity contribution in [3.05, 3.63) is 0 Å². The highest BCUT2D eigenvalue weighted by molar-refractivity contribution is 5.69. The number of carbonyl (C=O) groups excluding carboxylic acids is 1. The maximum atomic E-state index is 10.9. The zero-order valence-electron chi connectivity index (χ0n) is 8.25. The normalized spacial score (nSPS) is 15.1. The Balaban J connectivity index is 3.78. The third-order valence-electron chi connectivity index (χ3n) is 1.91. The Morgan fingerprint density at radius 2 is 2.08 bits per heavy atom. The molecular formula is C9H18O4. The molecule has 0 spiro atoms. The first-order valence-electron chi connectivity index (χ1n) is 4.57. The minimum absolute atomic E-state index is 0.126. The van der Waals surface area contributed by atoms with Crippen LogP contribution in [0, 0.1) is 0 Å². The van der Waals surface area contributed by atoms with E-state index in [0.29, 0.717) is 12.8 Å². The predicted molar refractivity (Wildman–Crippen MR) is 48.2 cm³/mol. The Bertz CT molecular complexity index is 152.